The van der Waals surface area contributed by atoms with Gasteiger partial charge >= 0.3 is 0 Å². The van der Waals surface area contributed by atoms with Crippen LogP contribution in [0, 0.1) is 0 Å². The van der Waals surface area contributed by atoms with Gasteiger partial charge in [-0.05, 0) is 22.4 Å². The van der Waals surface area contributed by atoms with E-state index in [2.05, 4.69) is 77.8 Å². The van der Waals surface area contributed by atoms with Crippen LogP contribution in [0.4, 0.5) is 0 Å². The van der Waals surface area contributed by atoms with E-state index in [9.17, 15) is 0 Å². The van der Waals surface area contributed by atoms with E-state index in [1.54, 1.807) is 6.20 Å². The Labute approximate surface area is 278 Å². The van der Waals surface area contributed by atoms with Gasteiger partial charge in [0, 0.05) is 59.4 Å². The van der Waals surface area contributed by atoms with Gasteiger partial charge in [-0.3, -0.25) is 4.98 Å². The lowest BCUT2D eigenvalue weighted by Crippen LogP contribution is -2.00. The van der Waals surface area contributed by atoms with Crippen LogP contribution >= 0.6 is 11.3 Å². The first-order valence-corrected chi connectivity index (χ1v) is 16.6. The molecule has 6 heteroatoms. The zero-order valence-electron chi connectivity index (χ0n) is 25.5. The van der Waals surface area contributed by atoms with E-state index < -0.39 is 0 Å². The largest absolute Gasteiger partial charge is 0.454 e. The Hall–Kier alpha value is -6.24. The van der Waals surface area contributed by atoms with Crippen LogP contribution < -0.4 is 0 Å². The number of rotatable bonds is 4. The quantitative estimate of drug-likeness (QED) is 0.193. The second-order valence-corrected chi connectivity index (χ2v) is 12.9. The fraction of sp³-hybridized carbons (Fsp3) is 0. The summed E-state index contributed by atoms with van der Waals surface area (Å²) >= 11 is 1.85. The van der Waals surface area contributed by atoms with Crippen LogP contribution in [0.25, 0.3) is 98.2 Å². The highest BCUT2D eigenvalue weighted by atomic mass is 32.1. The van der Waals surface area contributed by atoms with Crippen molar-refractivity contribution in [3.05, 3.63) is 146 Å². The molecule has 0 bridgehead atoms. The number of hydrogen-bond donors (Lipinski definition) is 0. The van der Waals surface area contributed by atoms with Crippen LogP contribution in [0.15, 0.2) is 150 Å². The van der Waals surface area contributed by atoms with Crippen molar-refractivity contribution in [3.8, 4) is 45.3 Å². The minimum Gasteiger partial charge on any atom is -0.454 e. The van der Waals surface area contributed by atoms with Crippen LogP contribution in [0.5, 0.6) is 0 Å². The van der Waals surface area contributed by atoms with Gasteiger partial charge in [-0.15, -0.1) is 11.3 Å². The molecule has 0 fully saturated rings. The molecule has 0 atom stereocenters. The van der Waals surface area contributed by atoms with Gasteiger partial charge in [0.2, 0.25) is 0 Å². The Morgan fingerprint density at radius 3 is 1.92 bits per heavy atom. The minimum atomic E-state index is 0.548. The lowest BCUT2D eigenvalue weighted by atomic mass is 9.96. The Balaban J connectivity index is 1.22. The highest BCUT2D eigenvalue weighted by Gasteiger charge is 2.21. The summed E-state index contributed by atoms with van der Waals surface area (Å²) in [6.07, 6.45) is 3.62. The lowest BCUT2D eigenvalue weighted by molar-refractivity contribution is 0.668. The average Bonchev–Trinajstić information content (AvgIpc) is 3.74. The molecular formula is C42H24N4OS. The standard InChI is InChI=1S/C42H24N4OS/c1-3-12-26(13-4-1)40-44-41(27-14-5-2-6-15-27)46-42(45-40)33-23-43-24-34-36(33)31-19-9-18-30(38(31)47-34)29-17-10-20-35-37(29)32-22-21-25-11-7-8-16-28(25)39(32)48-35/h1-24H. The summed E-state index contributed by atoms with van der Waals surface area (Å²) in [6.45, 7) is 0. The molecular weight excluding hydrogens is 609 g/mol. The summed E-state index contributed by atoms with van der Waals surface area (Å²) in [5.41, 5.74) is 6.32. The van der Waals surface area contributed by atoms with Gasteiger partial charge in [-0.25, -0.2) is 15.0 Å². The summed E-state index contributed by atoms with van der Waals surface area (Å²) in [4.78, 5) is 19.5. The number of furan rings is 1. The molecule has 0 saturated carbocycles. The van der Waals surface area contributed by atoms with Crippen molar-refractivity contribution in [2.45, 2.75) is 0 Å². The highest BCUT2D eigenvalue weighted by molar-refractivity contribution is 7.26. The number of hydrogen-bond acceptors (Lipinski definition) is 6. The maximum Gasteiger partial charge on any atom is 0.166 e. The van der Waals surface area contributed by atoms with E-state index in [0.717, 1.165) is 44.2 Å². The molecule has 5 nitrogen and oxygen atoms in total. The van der Waals surface area contributed by atoms with Gasteiger partial charge < -0.3 is 4.42 Å². The molecule has 4 heterocycles. The first-order valence-electron chi connectivity index (χ1n) is 15.8. The molecule has 10 aromatic rings. The predicted molar refractivity (Wildman–Crippen MR) is 197 cm³/mol. The van der Waals surface area contributed by atoms with Crippen LogP contribution in [-0.2, 0) is 0 Å². The molecule has 0 aliphatic heterocycles. The van der Waals surface area contributed by atoms with E-state index in [4.69, 9.17) is 19.4 Å². The maximum atomic E-state index is 6.71. The molecule has 0 radical (unpaired) electrons. The molecule has 0 saturated heterocycles. The second kappa shape index (κ2) is 10.7. The number of pyridine rings is 1. The minimum absolute atomic E-state index is 0.548. The second-order valence-electron chi connectivity index (χ2n) is 11.8. The molecule has 10 rings (SSSR count). The Morgan fingerprint density at radius 2 is 1.12 bits per heavy atom. The number of aromatic nitrogens is 4. The third-order valence-electron chi connectivity index (χ3n) is 9.03. The zero-order chi connectivity index (χ0) is 31.6. The molecule has 0 aliphatic carbocycles. The Morgan fingerprint density at radius 1 is 0.458 bits per heavy atom. The third-order valence-corrected chi connectivity index (χ3v) is 10.2. The highest BCUT2D eigenvalue weighted by Crippen LogP contribution is 2.46. The summed E-state index contributed by atoms with van der Waals surface area (Å²) in [6, 6.07) is 46.1. The molecule has 0 spiro atoms. The molecule has 0 N–H and O–H groups in total. The van der Waals surface area contributed by atoms with Gasteiger partial charge in [-0.1, -0.05) is 127 Å². The van der Waals surface area contributed by atoms with Gasteiger partial charge in [-0.2, -0.15) is 0 Å². The number of benzene rings is 6. The SMILES string of the molecule is c1ccc(-c2nc(-c3ccccc3)nc(-c3cncc4oc5c(-c6cccc7sc8c9ccccc9ccc8c67)cccc5c34)n2)cc1. The fourth-order valence-corrected chi connectivity index (χ4v) is 8.10. The Bertz CT molecular complexity index is 2780. The molecule has 6 aromatic carbocycles. The van der Waals surface area contributed by atoms with Gasteiger partial charge in [0.25, 0.3) is 0 Å². The van der Waals surface area contributed by atoms with Crippen LogP contribution in [0.2, 0.25) is 0 Å². The van der Waals surface area contributed by atoms with E-state index >= 15 is 0 Å². The molecule has 224 valence electrons. The van der Waals surface area contributed by atoms with Gasteiger partial charge in [0.05, 0.1) is 6.20 Å². The summed E-state index contributed by atoms with van der Waals surface area (Å²) in [5, 5.41) is 6.95. The van der Waals surface area contributed by atoms with Crippen molar-refractivity contribution in [2.75, 3.05) is 0 Å². The molecule has 48 heavy (non-hydrogen) atoms. The average molecular weight is 633 g/mol. The Kier molecular flexibility index (Phi) is 5.98. The molecule has 0 amide bonds. The van der Waals surface area contributed by atoms with Crippen molar-refractivity contribution < 1.29 is 4.42 Å². The van der Waals surface area contributed by atoms with E-state index in [0.29, 0.717) is 23.1 Å². The van der Waals surface area contributed by atoms with Crippen LogP contribution in [-0.4, -0.2) is 19.9 Å². The topological polar surface area (TPSA) is 64.7 Å². The van der Waals surface area contributed by atoms with Crippen LogP contribution in [0.1, 0.15) is 0 Å². The monoisotopic (exact) mass is 632 g/mol. The normalized spacial score (nSPS) is 11.8. The van der Waals surface area contributed by atoms with Crippen molar-refractivity contribution in [3.63, 3.8) is 0 Å². The first kappa shape index (κ1) is 26.9. The van der Waals surface area contributed by atoms with Gasteiger partial charge in [0.1, 0.15) is 5.58 Å². The lowest BCUT2D eigenvalue weighted by Gasteiger charge is -2.09. The third kappa shape index (κ3) is 4.16. The summed E-state index contributed by atoms with van der Waals surface area (Å²) < 4.78 is 9.26. The summed E-state index contributed by atoms with van der Waals surface area (Å²) in [7, 11) is 0. The maximum absolute atomic E-state index is 6.71. The fourth-order valence-electron chi connectivity index (χ4n) is 6.84. The number of thiophene rings is 1. The molecule has 4 aromatic heterocycles. The molecule has 0 aliphatic rings. The van der Waals surface area contributed by atoms with Crippen molar-refractivity contribution in [1.29, 1.82) is 0 Å². The number of para-hydroxylation sites is 1. The predicted octanol–water partition coefficient (Wildman–Crippen LogP) is 11.4. The first-order chi connectivity index (χ1) is 23.8. The van der Waals surface area contributed by atoms with E-state index in [1.807, 2.05) is 78.2 Å². The van der Waals surface area contributed by atoms with Crippen molar-refractivity contribution in [1.82, 2.24) is 19.9 Å². The summed E-state index contributed by atoms with van der Waals surface area (Å²) in [5.74, 6) is 1.76. The van der Waals surface area contributed by atoms with E-state index in [-0.39, 0.29) is 0 Å². The van der Waals surface area contributed by atoms with Crippen molar-refractivity contribution >= 4 is 64.2 Å². The smallest absolute Gasteiger partial charge is 0.166 e. The van der Waals surface area contributed by atoms with E-state index in [1.165, 1.54) is 30.9 Å². The zero-order valence-corrected chi connectivity index (χ0v) is 26.3. The number of fused-ring (bicyclic) bond motifs is 8. The van der Waals surface area contributed by atoms with Crippen LogP contribution in [0.3, 0.4) is 0 Å². The van der Waals surface area contributed by atoms with Gasteiger partial charge in [0.15, 0.2) is 23.1 Å². The number of nitrogens with zero attached hydrogens (tertiary/aromatic N) is 4. The molecule has 0 unspecified atom stereocenters. The van der Waals surface area contributed by atoms with Crippen molar-refractivity contribution in [2.24, 2.45) is 0 Å².